The Bertz CT molecular complexity index is 395. The first-order valence-electron chi connectivity index (χ1n) is 3.60. The lowest BCUT2D eigenvalue weighted by atomic mass is 10.2. The van der Waals surface area contributed by atoms with Gasteiger partial charge in [-0.05, 0) is 0 Å². The minimum absolute atomic E-state index is 0.103. The van der Waals surface area contributed by atoms with E-state index in [1.165, 1.54) is 0 Å². The number of aromatic amines is 1. The first-order chi connectivity index (χ1) is 6.50. The molecule has 1 amide bonds. The minimum Gasteiger partial charge on any atom is -0.477 e. The smallest absolute Gasteiger partial charge is 0.353 e. The number of nitrogens with one attached hydrogen (secondary N) is 1. The van der Waals surface area contributed by atoms with Gasteiger partial charge in [0.15, 0.2) is 0 Å². The summed E-state index contributed by atoms with van der Waals surface area (Å²) < 4.78 is 0. The van der Waals surface area contributed by atoms with Crippen LogP contribution in [0, 0.1) is 0 Å². The highest BCUT2D eigenvalue weighted by Crippen LogP contribution is 1.98. The quantitative estimate of drug-likeness (QED) is 0.517. The second kappa shape index (κ2) is 3.69. The summed E-state index contributed by atoms with van der Waals surface area (Å²) in [5.41, 5.74) is 4.56. The van der Waals surface area contributed by atoms with Crippen molar-refractivity contribution in [3.63, 3.8) is 0 Å². The fourth-order valence-electron chi connectivity index (χ4n) is 0.800. The van der Waals surface area contributed by atoms with E-state index < -0.39 is 17.7 Å². The molecule has 0 bridgehead atoms. The summed E-state index contributed by atoms with van der Waals surface area (Å²) in [6.07, 6.45) is 0.745. The van der Waals surface area contributed by atoms with E-state index in [9.17, 15) is 14.4 Å². The Morgan fingerprint density at radius 3 is 2.57 bits per heavy atom. The molecule has 0 saturated carbocycles. The topological polar surface area (TPSA) is 126 Å². The van der Waals surface area contributed by atoms with Crippen LogP contribution in [0.2, 0.25) is 0 Å². The molecule has 1 aromatic heterocycles. The molecule has 0 unspecified atom stereocenters. The molecular formula is C7H7N3O4. The van der Waals surface area contributed by atoms with E-state index in [0.717, 1.165) is 6.20 Å². The van der Waals surface area contributed by atoms with E-state index in [2.05, 4.69) is 9.97 Å². The molecule has 0 atom stereocenters. The molecule has 0 aromatic carbocycles. The van der Waals surface area contributed by atoms with Crippen LogP contribution in [0.3, 0.4) is 0 Å². The molecule has 1 aromatic rings. The van der Waals surface area contributed by atoms with Crippen LogP contribution in [0.15, 0.2) is 6.20 Å². The van der Waals surface area contributed by atoms with Crippen LogP contribution in [0.1, 0.15) is 16.3 Å². The zero-order valence-electron chi connectivity index (χ0n) is 6.98. The summed E-state index contributed by atoms with van der Waals surface area (Å²) in [6.45, 7) is 0. The van der Waals surface area contributed by atoms with Gasteiger partial charge in [0.2, 0.25) is 5.78 Å². The molecule has 0 radical (unpaired) electrons. The molecule has 0 aliphatic rings. The van der Waals surface area contributed by atoms with E-state index in [4.69, 9.17) is 10.8 Å². The van der Waals surface area contributed by atoms with Gasteiger partial charge in [-0.3, -0.25) is 9.59 Å². The number of rotatable bonds is 4. The average molecular weight is 197 g/mol. The predicted octanol–water partition coefficient (Wildman–Crippen LogP) is -1.30. The maximum absolute atomic E-state index is 10.8. The highest BCUT2D eigenvalue weighted by Gasteiger charge is 2.13. The number of carboxylic acids is 1. The molecule has 4 N–H and O–H groups in total. The van der Waals surface area contributed by atoms with E-state index >= 15 is 0 Å². The second-order valence-corrected chi connectivity index (χ2v) is 2.51. The zero-order chi connectivity index (χ0) is 10.7. The maximum Gasteiger partial charge on any atom is 0.353 e. The van der Waals surface area contributed by atoms with Crippen molar-refractivity contribution in [1.82, 2.24) is 9.97 Å². The number of carboxylic acid groups (broad SMARTS) is 1. The van der Waals surface area contributed by atoms with Crippen LogP contribution in [-0.2, 0) is 16.0 Å². The van der Waals surface area contributed by atoms with E-state index in [1.54, 1.807) is 0 Å². The van der Waals surface area contributed by atoms with Crippen molar-refractivity contribution >= 4 is 17.7 Å². The number of hydrogen-bond acceptors (Lipinski definition) is 4. The van der Waals surface area contributed by atoms with Gasteiger partial charge in [0, 0.05) is 0 Å². The number of carbonyl (C=O) groups excluding carboxylic acids is 2. The van der Waals surface area contributed by atoms with Crippen LogP contribution in [0.25, 0.3) is 0 Å². The molecule has 74 valence electrons. The van der Waals surface area contributed by atoms with Crippen LogP contribution < -0.4 is 5.73 Å². The molecule has 0 spiro atoms. The van der Waals surface area contributed by atoms with Gasteiger partial charge in [0.05, 0.1) is 12.6 Å². The highest BCUT2D eigenvalue weighted by molar-refractivity contribution is 6.35. The number of nitrogens with zero attached hydrogens (tertiary/aromatic N) is 1. The van der Waals surface area contributed by atoms with Gasteiger partial charge < -0.3 is 15.8 Å². The van der Waals surface area contributed by atoms with Gasteiger partial charge in [0.25, 0.3) is 5.91 Å². The number of aromatic nitrogens is 2. The molecular weight excluding hydrogens is 190 g/mol. The fourth-order valence-corrected chi connectivity index (χ4v) is 0.800. The number of H-pyrrole nitrogens is 1. The van der Waals surface area contributed by atoms with Crippen molar-refractivity contribution in [2.24, 2.45) is 5.73 Å². The standard InChI is InChI=1S/C7H7N3O4/c8-6(12)4(11)1-5-9-2-3(10-5)7(13)14/h2H,1H2,(H2,8,12)(H,9,10)(H,13,14). The van der Waals surface area contributed by atoms with Crippen LogP contribution in [-0.4, -0.2) is 32.7 Å². The lowest BCUT2D eigenvalue weighted by molar-refractivity contribution is -0.135. The lowest BCUT2D eigenvalue weighted by Gasteiger charge is -1.91. The van der Waals surface area contributed by atoms with E-state index in [1.807, 2.05) is 0 Å². The Balaban J connectivity index is 2.74. The maximum atomic E-state index is 10.8. The zero-order valence-corrected chi connectivity index (χ0v) is 6.98. The Kier molecular flexibility index (Phi) is 2.61. The van der Waals surface area contributed by atoms with Crippen molar-refractivity contribution in [3.8, 4) is 0 Å². The molecule has 0 aliphatic carbocycles. The molecule has 14 heavy (non-hydrogen) atoms. The third kappa shape index (κ3) is 2.16. The lowest BCUT2D eigenvalue weighted by Crippen LogP contribution is -2.25. The Morgan fingerprint density at radius 1 is 1.50 bits per heavy atom. The molecule has 0 saturated heterocycles. The second-order valence-electron chi connectivity index (χ2n) is 2.51. The van der Waals surface area contributed by atoms with Crippen molar-refractivity contribution in [2.75, 3.05) is 0 Å². The van der Waals surface area contributed by atoms with Crippen LogP contribution in [0.4, 0.5) is 0 Å². The number of amides is 1. The first-order valence-corrected chi connectivity index (χ1v) is 3.60. The molecule has 7 heteroatoms. The summed E-state index contributed by atoms with van der Waals surface area (Å²) >= 11 is 0. The third-order valence-corrected chi connectivity index (χ3v) is 1.46. The number of aromatic carboxylic acids is 1. The molecule has 1 heterocycles. The molecule has 7 nitrogen and oxygen atoms in total. The normalized spacial score (nSPS) is 9.71. The number of primary amides is 1. The minimum atomic E-state index is -1.18. The van der Waals surface area contributed by atoms with Crippen molar-refractivity contribution in [2.45, 2.75) is 6.42 Å². The first kappa shape index (κ1) is 9.90. The number of hydrogen-bond donors (Lipinski definition) is 3. The average Bonchev–Trinajstić information content (AvgIpc) is 2.52. The number of carbonyl (C=O) groups is 3. The van der Waals surface area contributed by atoms with Gasteiger partial charge in [-0.15, -0.1) is 0 Å². The third-order valence-electron chi connectivity index (χ3n) is 1.46. The fraction of sp³-hybridized carbons (Fsp3) is 0.143. The van der Waals surface area contributed by atoms with Crippen LogP contribution >= 0.6 is 0 Å². The number of imidazole rings is 1. The highest BCUT2D eigenvalue weighted by atomic mass is 16.4. The Labute approximate surface area is 77.9 Å². The summed E-state index contributed by atoms with van der Waals surface area (Å²) in [6, 6.07) is 0. The van der Waals surface area contributed by atoms with E-state index in [-0.39, 0.29) is 17.9 Å². The summed E-state index contributed by atoms with van der Waals surface area (Å²) in [4.78, 5) is 37.5. The molecule has 0 fully saturated rings. The van der Waals surface area contributed by atoms with Crippen molar-refractivity contribution < 1.29 is 19.5 Å². The van der Waals surface area contributed by atoms with Crippen molar-refractivity contribution in [3.05, 3.63) is 17.7 Å². The number of nitrogens with two attached hydrogens (primary N) is 1. The van der Waals surface area contributed by atoms with Gasteiger partial charge in [0.1, 0.15) is 11.5 Å². The predicted molar refractivity (Wildman–Crippen MR) is 43.5 cm³/mol. The Morgan fingerprint density at radius 2 is 2.14 bits per heavy atom. The monoisotopic (exact) mass is 197 g/mol. The van der Waals surface area contributed by atoms with Crippen LogP contribution in [0.5, 0.6) is 0 Å². The summed E-state index contributed by atoms with van der Waals surface area (Å²) in [5.74, 6) is -2.98. The van der Waals surface area contributed by atoms with Gasteiger partial charge >= 0.3 is 5.97 Å². The summed E-state index contributed by atoms with van der Waals surface area (Å²) in [7, 11) is 0. The summed E-state index contributed by atoms with van der Waals surface area (Å²) in [5, 5.41) is 8.49. The SMILES string of the molecule is NC(=O)C(=O)Cc1ncc(C(=O)O)[nH]1. The van der Waals surface area contributed by atoms with Crippen molar-refractivity contribution in [1.29, 1.82) is 0 Å². The number of Topliss-reactive ketones (excluding diaryl/α,β-unsaturated/α-hetero) is 1. The van der Waals surface area contributed by atoms with Gasteiger partial charge in [-0.2, -0.15) is 0 Å². The number of ketones is 1. The van der Waals surface area contributed by atoms with Gasteiger partial charge in [-0.1, -0.05) is 0 Å². The molecule has 1 rings (SSSR count). The van der Waals surface area contributed by atoms with Gasteiger partial charge in [-0.25, -0.2) is 9.78 Å². The molecule has 0 aliphatic heterocycles. The largest absolute Gasteiger partial charge is 0.477 e. The Hall–Kier alpha value is -2.18. The van der Waals surface area contributed by atoms with E-state index in [0.29, 0.717) is 0 Å².